The van der Waals surface area contributed by atoms with Crippen molar-refractivity contribution in [3.63, 3.8) is 0 Å². The standard InChI is InChI=1S/C23H28FN3O3/c1-23(21(28)25-14-17-7-9-19(24)10-8-17)11-4-12-27(16-23)22(29)26-15-18-5-3-6-20(13-18)30-2/h3,5-10,13H,4,11-12,14-16H2,1-2H3,(H,25,28)(H,26,29)/t23-/m1/s1. The second-order valence-corrected chi connectivity index (χ2v) is 7.91. The van der Waals surface area contributed by atoms with E-state index in [4.69, 9.17) is 4.74 Å². The molecule has 1 heterocycles. The van der Waals surface area contributed by atoms with Gasteiger partial charge in [-0.15, -0.1) is 0 Å². The largest absolute Gasteiger partial charge is 0.497 e. The second-order valence-electron chi connectivity index (χ2n) is 7.91. The molecule has 0 bridgehead atoms. The SMILES string of the molecule is COc1cccc(CNC(=O)N2CCC[C@@](C)(C(=O)NCc3ccc(F)cc3)C2)c1. The summed E-state index contributed by atoms with van der Waals surface area (Å²) in [5.41, 5.74) is 1.11. The van der Waals surface area contributed by atoms with E-state index in [0.29, 0.717) is 32.6 Å². The number of hydrogen-bond acceptors (Lipinski definition) is 3. The molecule has 1 atom stereocenters. The Hall–Kier alpha value is -3.09. The van der Waals surface area contributed by atoms with E-state index in [2.05, 4.69) is 10.6 Å². The molecule has 2 N–H and O–H groups in total. The lowest BCUT2D eigenvalue weighted by molar-refractivity contribution is -0.132. The maximum absolute atomic E-state index is 13.0. The summed E-state index contributed by atoms with van der Waals surface area (Å²) in [5.74, 6) is 0.335. The molecular formula is C23H28FN3O3. The van der Waals surface area contributed by atoms with Crippen LogP contribution in [-0.2, 0) is 17.9 Å². The van der Waals surface area contributed by atoms with Crippen molar-refractivity contribution in [2.45, 2.75) is 32.9 Å². The van der Waals surface area contributed by atoms with Gasteiger partial charge >= 0.3 is 6.03 Å². The van der Waals surface area contributed by atoms with Gasteiger partial charge < -0.3 is 20.3 Å². The first kappa shape index (κ1) is 21.6. The molecule has 0 saturated carbocycles. The van der Waals surface area contributed by atoms with Gasteiger partial charge in [-0.05, 0) is 55.2 Å². The van der Waals surface area contributed by atoms with Crippen molar-refractivity contribution < 1.29 is 18.7 Å². The van der Waals surface area contributed by atoms with Crippen LogP contribution in [0.1, 0.15) is 30.9 Å². The summed E-state index contributed by atoms with van der Waals surface area (Å²) in [4.78, 5) is 27.2. The number of hydrogen-bond donors (Lipinski definition) is 2. The molecule has 0 aromatic heterocycles. The number of piperidine rings is 1. The molecule has 30 heavy (non-hydrogen) atoms. The quantitative estimate of drug-likeness (QED) is 0.762. The fourth-order valence-electron chi connectivity index (χ4n) is 3.67. The summed E-state index contributed by atoms with van der Waals surface area (Å²) >= 11 is 0. The van der Waals surface area contributed by atoms with Crippen LogP contribution in [0.3, 0.4) is 0 Å². The van der Waals surface area contributed by atoms with E-state index in [1.165, 1.54) is 12.1 Å². The number of nitrogens with zero attached hydrogens (tertiary/aromatic N) is 1. The molecule has 2 aromatic carbocycles. The fourth-order valence-corrected chi connectivity index (χ4v) is 3.67. The van der Waals surface area contributed by atoms with Gasteiger partial charge in [0.15, 0.2) is 0 Å². The molecule has 6 nitrogen and oxygen atoms in total. The summed E-state index contributed by atoms with van der Waals surface area (Å²) in [6, 6.07) is 13.4. The third kappa shape index (κ3) is 5.49. The molecule has 0 spiro atoms. The Morgan fingerprint density at radius 2 is 1.83 bits per heavy atom. The summed E-state index contributed by atoms with van der Waals surface area (Å²) < 4.78 is 18.2. The fraction of sp³-hybridized carbons (Fsp3) is 0.391. The monoisotopic (exact) mass is 413 g/mol. The number of amides is 3. The van der Waals surface area contributed by atoms with E-state index >= 15 is 0 Å². The maximum Gasteiger partial charge on any atom is 0.317 e. The number of urea groups is 1. The number of carbonyl (C=O) groups is 2. The summed E-state index contributed by atoms with van der Waals surface area (Å²) in [7, 11) is 1.60. The minimum Gasteiger partial charge on any atom is -0.497 e. The Labute approximate surface area is 176 Å². The lowest BCUT2D eigenvalue weighted by atomic mass is 9.81. The van der Waals surface area contributed by atoms with Crippen LogP contribution in [0.15, 0.2) is 48.5 Å². The number of nitrogens with one attached hydrogen (secondary N) is 2. The third-order valence-corrected chi connectivity index (χ3v) is 5.48. The Bertz CT molecular complexity index is 888. The number of halogens is 1. The first-order valence-corrected chi connectivity index (χ1v) is 10.1. The number of rotatable bonds is 6. The van der Waals surface area contributed by atoms with Crippen LogP contribution in [0.2, 0.25) is 0 Å². The molecule has 3 rings (SSSR count). The number of benzene rings is 2. The van der Waals surface area contributed by atoms with Crippen molar-refractivity contribution in [1.82, 2.24) is 15.5 Å². The zero-order valence-corrected chi connectivity index (χ0v) is 17.4. The molecule has 1 saturated heterocycles. The van der Waals surface area contributed by atoms with Gasteiger partial charge in [0.2, 0.25) is 5.91 Å². The summed E-state index contributed by atoms with van der Waals surface area (Å²) in [6.07, 6.45) is 1.47. The van der Waals surface area contributed by atoms with Crippen LogP contribution in [-0.4, -0.2) is 37.0 Å². The van der Waals surface area contributed by atoms with E-state index in [1.54, 1.807) is 24.1 Å². The lowest BCUT2D eigenvalue weighted by Gasteiger charge is -2.39. The smallest absolute Gasteiger partial charge is 0.317 e. The Morgan fingerprint density at radius 3 is 2.57 bits per heavy atom. The minimum atomic E-state index is -0.661. The van der Waals surface area contributed by atoms with Crippen LogP contribution in [0.25, 0.3) is 0 Å². The molecule has 1 aliphatic heterocycles. The van der Waals surface area contributed by atoms with Crippen molar-refractivity contribution >= 4 is 11.9 Å². The zero-order chi connectivity index (χ0) is 21.6. The molecule has 7 heteroatoms. The van der Waals surface area contributed by atoms with Gasteiger partial charge in [-0.25, -0.2) is 9.18 Å². The molecule has 2 aromatic rings. The third-order valence-electron chi connectivity index (χ3n) is 5.48. The highest BCUT2D eigenvalue weighted by atomic mass is 19.1. The first-order valence-electron chi connectivity index (χ1n) is 10.1. The highest BCUT2D eigenvalue weighted by Crippen LogP contribution is 2.30. The number of likely N-dealkylation sites (tertiary alicyclic amines) is 1. The van der Waals surface area contributed by atoms with Crippen LogP contribution in [0.4, 0.5) is 9.18 Å². The van der Waals surface area contributed by atoms with E-state index < -0.39 is 5.41 Å². The number of ether oxygens (including phenoxy) is 1. The second kappa shape index (κ2) is 9.61. The topological polar surface area (TPSA) is 70.7 Å². The van der Waals surface area contributed by atoms with Gasteiger partial charge in [0.25, 0.3) is 0 Å². The van der Waals surface area contributed by atoms with Gasteiger partial charge in [-0.2, -0.15) is 0 Å². The number of methoxy groups -OCH3 is 1. The molecule has 3 amide bonds. The molecule has 0 radical (unpaired) electrons. The van der Waals surface area contributed by atoms with Crippen LogP contribution < -0.4 is 15.4 Å². The highest BCUT2D eigenvalue weighted by molar-refractivity contribution is 5.84. The molecule has 1 fully saturated rings. The molecule has 0 aliphatic carbocycles. The molecule has 160 valence electrons. The van der Waals surface area contributed by atoms with Gasteiger partial charge in [0.1, 0.15) is 11.6 Å². The lowest BCUT2D eigenvalue weighted by Crippen LogP contribution is -2.53. The predicted molar refractivity (Wildman–Crippen MR) is 112 cm³/mol. The molecule has 0 unspecified atom stereocenters. The van der Waals surface area contributed by atoms with Gasteiger partial charge in [-0.3, -0.25) is 4.79 Å². The average molecular weight is 413 g/mol. The Balaban J connectivity index is 1.53. The van der Waals surface area contributed by atoms with E-state index in [-0.39, 0.29) is 17.8 Å². The molecular weight excluding hydrogens is 385 g/mol. The Morgan fingerprint density at radius 1 is 1.10 bits per heavy atom. The van der Waals surface area contributed by atoms with Crippen LogP contribution >= 0.6 is 0 Å². The van der Waals surface area contributed by atoms with Gasteiger partial charge in [0.05, 0.1) is 12.5 Å². The van der Waals surface area contributed by atoms with Gasteiger partial charge in [-0.1, -0.05) is 24.3 Å². The normalized spacial score (nSPS) is 18.6. The average Bonchev–Trinajstić information content (AvgIpc) is 2.77. The first-order chi connectivity index (χ1) is 14.4. The van der Waals surface area contributed by atoms with Crippen molar-refractivity contribution in [3.8, 4) is 5.75 Å². The molecule has 1 aliphatic rings. The van der Waals surface area contributed by atoms with Crippen molar-refractivity contribution in [2.75, 3.05) is 20.2 Å². The van der Waals surface area contributed by atoms with Gasteiger partial charge in [0, 0.05) is 26.2 Å². The zero-order valence-electron chi connectivity index (χ0n) is 17.4. The van der Waals surface area contributed by atoms with Crippen LogP contribution in [0.5, 0.6) is 5.75 Å². The van der Waals surface area contributed by atoms with Crippen molar-refractivity contribution in [2.24, 2.45) is 5.41 Å². The van der Waals surface area contributed by atoms with E-state index in [0.717, 1.165) is 23.3 Å². The van der Waals surface area contributed by atoms with Crippen LogP contribution in [0, 0.1) is 11.2 Å². The highest BCUT2D eigenvalue weighted by Gasteiger charge is 2.39. The van der Waals surface area contributed by atoms with Crippen molar-refractivity contribution in [1.29, 1.82) is 0 Å². The number of carbonyl (C=O) groups excluding carboxylic acids is 2. The van der Waals surface area contributed by atoms with E-state index in [1.807, 2.05) is 31.2 Å². The van der Waals surface area contributed by atoms with E-state index in [9.17, 15) is 14.0 Å². The summed E-state index contributed by atoms with van der Waals surface area (Å²) in [5, 5.41) is 5.85. The summed E-state index contributed by atoms with van der Waals surface area (Å²) in [6.45, 7) is 3.57. The predicted octanol–water partition coefficient (Wildman–Crippen LogP) is 3.46. The maximum atomic E-state index is 13.0. The Kier molecular flexibility index (Phi) is 6.92. The van der Waals surface area contributed by atoms with Crippen molar-refractivity contribution in [3.05, 3.63) is 65.5 Å². The minimum absolute atomic E-state index is 0.0999.